The molecular weight excluding hydrogens is 212 g/mol. The van der Waals surface area contributed by atoms with Gasteiger partial charge in [0.05, 0.1) is 12.1 Å². The number of aliphatic hydroxyl groups excluding tert-OH is 1. The molecule has 17 heavy (non-hydrogen) atoms. The number of benzene rings is 1. The van der Waals surface area contributed by atoms with Gasteiger partial charge in [-0.1, -0.05) is 19.3 Å². The molecule has 0 amide bonds. The molecule has 0 aliphatic heterocycles. The molecule has 0 spiro atoms. The second kappa shape index (κ2) is 4.96. The van der Waals surface area contributed by atoms with Crippen molar-refractivity contribution in [1.29, 1.82) is 0 Å². The molecule has 94 valence electrons. The third-order valence-electron chi connectivity index (χ3n) is 3.79. The number of aryl methyl sites for hydroxylation is 1. The Morgan fingerprint density at radius 2 is 2.00 bits per heavy atom. The average Bonchev–Trinajstić information content (AvgIpc) is 2.35. The van der Waals surface area contributed by atoms with Crippen molar-refractivity contribution in [3.8, 4) is 0 Å². The van der Waals surface area contributed by atoms with Crippen molar-refractivity contribution >= 4 is 11.4 Å². The molecule has 1 aromatic rings. The minimum atomic E-state index is -0.124. The van der Waals surface area contributed by atoms with Crippen LogP contribution in [0, 0.1) is 6.92 Å². The zero-order valence-electron chi connectivity index (χ0n) is 10.5. The predicted octanol–water partition coefficient (Wildman–Crippen LogP) is 2.68. The molecule has 0 saturated heterocycles. The van der Waals surface area contributed by atoms with Gasteiger partial charge in [-0.25, -0.2) is 0 Å². The normalized spacial score (nSPS) is 18.9. The lowest BCUT2D eigenvalue weighted by Crippen LogP contribution is -2.43. The van der Waals surface area contributed by atoms with E-state index in [0.717, 1.165) is 29.8 Å². The minimum absolute atomic E-state index is 0.124. The standard InChI is InChI=1S/C14H22N2O/c1-11-9-12(5-6-13(11)15)16-14(10-17)7-3-2-4-8-14/h5-6,9,16-17H,2-4,7-8,10,15H2,1H3. The number of rotatable bonds is 3. The van der Waals surface area contributed by atoms with Crippen molar-refractivity contribution in [2.75, 3.05) is 17.7 Å². The third kappa shape index (κ3) is 2.72. The van der Waals surface area contributed by atoms with Crippen LogP contribution in [-0.4, -0.2) is 17.3 Å². The molecule has 4 N–H and O–H groups in total. The summed E-state index contributed by atoms with van der Waals surface area (Å²) < 4.78 is 0. The van der Waals surface area contributed by atoms with Crippen LogP contribution in [0.25, 0.3) is 0 Å². The molecule has 1 aliphatic carbocycles. The first-order chi connectivity index (χ1) is 8.15. The Bertz CT molecular complexity index is 384. The first-order valence-corrected chi connectivity index (χ1v) is 6.40. The Kier molecular flexibility index (Phi) is 3.57. The van der Waals surface area contributed by atoms with Crippen LogP contribution in [0.1, 0.15) is 37.7 Å². The lowest BCUT2D eigenvalue weighted by atomic mass is 9.82. The summed E-state index contributed by atoms with van der Waals surface area (Å²) in [5.41, 5.74) is 8.65. The van der Waals surface area contributed by atoms with E-state index < -0.39 is 0 Å². The second-order valence-corrected chi connectivity index (χ2v) is 5.20. The van der Waals surface area contributed by atoms with Crippen molar-refractivity contribution in [2.45, 2.75) is 44.6 Å². The van der Waals surface area contributed by atoms with Gasteiger partial charge in [0.15, 0.2) is 0 Å². The molecule has 2 rings (SSSR count). The summed E-state index contributed by atoms with van der Waals surface area (Å²) >= 11 is 0. The number of nitrogen functional groups attached to an aromatic ring is 1. The van der Waals surface area contributed by atoms with Crippen molar-refractivity contribution < 1.29 is 5.11 Å². The Hall–Kier alpha value is -1.22. The number of hydrogen-bond acceptors (Lipinski definition) is 3. The van der Waals surface area contributed by atoms with Gasteiger partial charge in [0.2, 0.25) is 0 Å². The van der Waals surface area contributed by atoms with E-state index in [1.54, 1.807) is 0 Å². The third-order valence-corrected chi connectivity index (χ3v) is 3.79. The molecule has 0 radical (unpaired) electrons. The van der Waals surface area contributed by atoms with Gasteiger partial charge >= 0.3 is 0 Å². The summed E-state index contributed by atoms with van der Waals surface area (Å²) in [7, 11) is 0. The fourth-order valence-corrected chi connectivity index (χ4v) is 2.61. The van der Waals surface area contributed by atoms with Gasteiger partial charge in [-0.3, -0.25) is 0 Å². The number of anilines is 2. The van der Waals surface area contributed by atoms with Crippen molar-refractivity contribution in [3.05, 3.63) is 23.8 Å². The van der Waals surface area contributed by atoms with E-state index in [-0.39, 0.29) is 12.1 Å². The maximum Gasteiger partial charge on any atom is 0.0661 e. The van der Waals surface area contributed by atoms with Crippen LogP contribution in [0.5, 0.6) is 0 Å². The second-order valence-electron chi connectivity index (χ2n) is 5.20. The van der Waals surface area contributed by atoms with Crippen molar-refractivity contribution in [3.63, 3.8) is 0 Å². The zero-order valence-corrected chi connectivity index (χ0v) is 10.5. The SMILES string of the molecule is Cc1cc(NC2(CO)CCCCC2)ccc1N. The van der Waals surface area contributed by atoms with E-state index in [0.29, 0.717) is 0 Å². The number of hydrogen-bond donors (Lipinski definition) is 3. The Balaban J connectivity index is 2.14. The Labute approximate surface area is 103 Å². The van der Waals surface area contributed by atoms with Gasteiger partial charge in [-0.15, -0.1) is 0 Å². The van der Waals surface area contributed by atoms with E-state index in [9.17, 15) is 5.11 Å². The van der Waals surface area contributed by atoms with E-state index in [1.807, 2.05) is 19.1 Å². The molecule has 1 aromatic carbocycles. The van der Waals surface area contributed by atoms with Gasteiger partial charge in [0.25, 0.3) is 0 Å². The molecule has 0 heterocycles. The topological polar surface area (TPSA) is 58.3 Å². The molecule has 1 fully saturated rings. The summed E-state index contributed by atoms with van der Waals surface area (Å²) in [5, 5.41) is 13.1. The first kappa shape index (κ1) is 12.2. The zero-order chi connectivity index (χ0) is 12.3. The number of aliphatic hydroxyl groups is 1. The molecule has 3 heteroatoms. The number of nitrogens with two attached hydrogens (primary N) is 1. The van der Waals surface area contributed by atoms with Crippen molar-refractivity contribution in [2.24, 2.45) is 0 Å². The maximum atomic E-state index is 9.64. The summed E-state index contributed by atoms with van der Waals surface area (Å²) in [6.45, 7) is 2.21. The van der Waals surface area contributed by atoms with Crippen LogP contribution in [0.4, 0.5) is 11.4 Å². The van der Waals surface area contributed by atoms with Crippen LogP contribution >= 0.6 is 0 Å². The van der Waals surface area contributed by atoms with E-state index in [1.165, 1.54) is 19.3 Å². The van der Waals surface area contributed by atoms with Gasteiger partial charge in [-0.2, -0.15) is 0 Å². The molecular formula is C14H22N2O. The highest BCUT2D eigenvalue weighted by Crippen LogP contribution is 2.32. The molecule has 0 bridgehead atoms. The predicted molar refractivity (Wildman–Crippen MR) is 72.1 cm³/mol. The molecule has 1 aliphatic rings. The largest absolute Gasteiger partial charge is 0.399 e. The Morgan fingerprint density at radius 3 is 2.59 bits per heavy atom. The summed E-state index contributed by atoms with van der Waals surface area (Å²) in [5.74, 6) is 0. The molecule has 0 unspecified atom stereocenters. The van der Waals surface area contributed by atoms with Gasteiger partial charge in [-0.05, 0) is 43.5 Å². The highest BCUT2D eigenvalue weighted by atomic mass is 16.3. The van der Waals surface area contributed by atoms with Gasteiger partial charge in [0.1, 0.15) is 0 Å². The summed E-state index contributed by atoms with van der Waals surface area (Å²) in [6.07, 6.45) is 5.77. The first-order valence-electron chi connectivity index (χ1n) is 6.40. The van der Waals surface area contributed by atoms with Crippen LogP contribution in [-0.2, 0) is 0 Å². The molecule has 1 saturated carbocycles. The van der Waals surface area contributed by atoms with Crippen LogP contribution in [0.3, 0.4) is 0 Å². The minimum Gasteiger partial charge on any atom is -0.399 e. The molecule has 0 aromatic heterocycles. The van der Waals surface area contributed by atoms with E-state index in [4.69, 9.17) is 5.73 Å². The van der Waals surface area contributed by atoms with E-state index in [2.05, 4.69) is 11.4 Å². The van der Waals surface area contributed by atoms with Gasteiger partial charge in [0, 0.05) is 11.4 Å². The van der Waals surface area contributed by atoms with Crippen LogP contribution in [0.2, 0.25) is 0 Å². The fraction of sp³-hybridized carbons (Fsp3) is 0.571. The fourth-order valence-electron chi connectivity index (χ4n) is 2.61. The van der Waals surface area contributed by atoms with Crippen LogP contribution < -0.4 is 11.1 Å². The lowest BCUT2D eigenvalue weighted by molar-refractivity contribution is 0.173. The molecule has 0 atom stereocenters. The average molecular weight is 234 g/mol. The maximum absolute atomic E-state index is 9.64. The molecule has 3 nitrogen and oxygen atoms in total. The summed E-state index contributed by atoms with van der Waals surface area (Å²) in [4.78, 5) is 0. The summed E-state index contributed by atoms with van der Waals surface area (Å²) in [6, 6.07) is 5.97. The number of nitrogens with one attached hydrogen (secondary N) is 1. The highest BCUT2D eigenvalue weighted by Gasteiger charge is 2.30. The lowest BCUT2D eigenvalue weighted by Gasteiger charge is -2.37. The van der Waals surface area contributed by atoms with Crippen molar-refractivity contribution in [1.82, 2.24) is 0 Å². The quantitative estimate of drug-likeness (QED) is 0.705. The van der Waals surface area contributed by atoms with Crippen LogP contribution in [0.15, 0.2) is 18.2 Å². The smallest absolute Gasteiger partial charge is 0.0661 e. The van der Waals surface area contributed by atoms with Gasteiger partial charge < -0.3 is 16.2 Å². The monoisotopic (exact) mass is 234 g/mol. The van der Waals surface area contributed by atoms with E-state index >= 15 is 0 Å². The highest BCUT2D eigenvalue weighted by molar-refractivity contribution is 5.57. The Morgan fingerprint density at radius 1 is 1.29 bits per heavy atom.